The van der Waals surface area contributed by atoms with Crippen molar-refractivity contribution >= 4 is 34.8 Å². The summed E-state index contributed by atoms with van der Waals surface area (Å²) in [4.78, 5) is 26.8. The van der Waals surface area contributed by atoms with Gasteiger partial charge >= 0.3 is 5.97 Å². The van der Waals surface area contributed by atoms with Crippen molar-refractivity contribution in [3.05, 3.63) is 11.6 Å². The summed E-state index contributed by atoms with van der Waals surface area (Å²) in [5, 5.41) is 11.2. The third-order valence-electron chi connectivity index (χ3n) is 10.9. The van der Waals surface area contributed by atoms with Gasteiger partial charge in [0, 0.05) is 9.84 Å². The first-order chi connectivity index (χ1) is 15.1. The number of fused-ring (bicyclic) bond motifs is 2. The maximum Gasteiger partial charge on any atom is 0.315 e. The highest BCUT2D eigenvalue weighted by atomic mass is 127. The molecule has 1 N–H and O–H groups in total. The van der Waals surface area contributed by atoms with E-state index in [-0.39, 0.29) is 30.0 Å². The SMILES string of the molecule is CC(C)C1=CC2CC3(C=O)[C@@H]4CC[C@@H](C)[C@H]4CC2([C@H]2C[C@@H](C(C)C)[C@H](CI)O2)[C@]13C(=O)O. The van der Waals surface area contributed by atoms with Crippen LogP contribution in [0.4, 0.5) is 0 Å². The van der Waals surface area contributed by atoms with Crippen molar-refractivity contribution in [1.29, 1.82) is 0 Å². The quantitative estimate of drug-likeness (QED) is 0.196. The molecule has 4 aliphatic carbocycles. The van der Waals surface area contributed by atoms with Crippen LogP contribution in [0.1, 0.15) is 66.7 Å². The fraction of sp³-hybridized carbons (Fsp3) is 0.852. The molecular weight excluding hydrogens is 515 g/mol. The van der Waals surface area contributed by atoms with Gasteiger partial charge in [0.2, 0.25) is 0 Å². The highest BCUT2D eigenvalue weighted by molar-refractivity contribution is 14.1. The lowest BCUT2D eigenvalue weighted by molar-refractivity contribution is -0.196. The number of alkyl halides is 1. The Bertz CT molecular complexity index is 851. The summed E-state index contributed by atoms with van der Waals surface area (Å²) in [5.41, 5.74) is -1.37. The number of carbonyl (C=O) groups is 2. The smallest absolute Gasteiger partial charge is 0.315 e. The molecule has 0 aromatic rings. The number of aldehydes is 1. The number of carbonyl (C=O) groups excluding carboxylic acids is 1. The van der Waals surface area contributed by atoms with Crippen molar-refractivity contribution in [1.82, 2.24) is 0 Å². The van der Waals surface area contributed by atoms with Crippen LogP contribution in [0.2, 0.25) is 0 Å². The molecule has 5 heteroatoms. The van der Waals surface area contributed by atoms with Crippen LogP contribution < -0.4 is 0 Å². The summed E-state index contributed by atoms with van der Waals surface area (Å²) in [5.74, 6) is 1.61. The molecule has 1 saturated heterocycles. The second kappa shape index (κ2) is 7.53. The van der Waals surface area contributed by atoms with Crippen molar-refractivity contribution in [2.75, 3.05) is 4.43 Å². The van der Waals surface area contributed by atoms with E-state index in [4.69, 9.17) is 4.74 Å². The van der Waals surface area contributed by atoms with Crippen molar-refractivity contribution in [3.8, 4) is 0 Å². The number of aliphatic carboxylic acids is 1. The fourth-order valence-corrected chi connectivity index (χ4v) is 10.7. The predicted molar refractivity (Wildman–Crippen MR) is 133 cm³/mol. The number of carboxylic acids is 1. The highest BCUT2D eigenvalue weighted by Crippen LogP contribution is 2.84. The summed E-state index contributed by atoms with van der Waals surface area (Å²) >= 11 is 2.43. The standard InChI is InChI=1S/C27H39IO4/c1-14(2)18-9-23(32-22(18)12-28)26-11-19-16(5)6-7-20(19)25(13-29)10-17(26)8-21(15(3)4)27(25,26)24(30)31/h8,13-20,22-23H,6-7,9-12H2,1-5H3,(H,30,31)/t16-,17?,18+,19-,20-,22+,23-,25?,26?,27+/m1/s1. The van der Waals surface area contributed by atoms with Gasteiger partial charge in [0.25, 0.3) is 0 Å². The molecule has 3 unspecified atom stereocenters. The molecule has 0 spiro atoms. The highest BCUT2D eigenvalue weighted by Gasteiger charge is 2.86. The van der Waals surface area contributed by atoms with Gasteiger partial charge < -0.3 is 14.6 Å². The van der Waals surface area contributed by atoms with E-state index in [9.17, 15) is 14.7 Å². The Balaban J connectivity index is 1.74. The molecule has 0 radical (unpaired) electrons. The second-order valence-corrected chi connectivity index (χ2v) is 13.2. The van der Waals surface area contributed by atoms with E-state index in [0.717, 1.165) is 42.0 Å². The Kier molecular flexibility index (Phi) is 5.49. The average Bonchev–Trinajstić information content (AvgIpc) is 3.45. The number of ether oxygens (including phenoxy) is 1. The zero-order valence-corrected chi connectivity index (χ0v) is 22.3. The molecule has 0 aromatic heterocycles. The van der Waals surface area contributed by atoms with Crippen molar-refractivity contribution in [3.63, 3.8) is 0 Å². The maximum absolute atomic E-state index is 13.6. The van der Waals surface area contributed by atoms with Crippen molar-refractivity contribution < 1.29 is 19.4 Å². The third-order valence-corrected chi connectivity index (χ3v) is 11.8. The van der Waals surface area contributed by atoms with Gasteiger partial charge in [-0.15, -0.1) is 0 Å². The van der Waals surface area contributed by atoms with E-state index in [0.29, 0.717) is 30.1 Å². The Hall–Kier alpha value is -0.430. The lowest BCUT2D eigenvalue weighted by Gasteiger charge is -2.60. The Morgan fingerprint density at radius 2 is 2.00 bits per heavy atom. The number of hydrogen-bond donors (Lipinski definition) is 1. The molecule has 1 heterocycles. The molecule has 4 fully saturated rings. The molecule has 5 aliphatic rings. The Morgan fingerprint density at radius 3 is 2.53 bits per heavy atom. The van der Waals surface area contributed by atoms with E-state index in [1.54, 1.807) is 0 Å². The van der Waals surface area contributed by atoms with Crippen LogP contribution in [-0.2, 0) is 14.3 Å². The molecule has 32 heavy (non-hydrogen) atoms. The monoisotopic (exact) mass is 554 g/mol. The van der Waals surface area contributed by atoms with Crippen LogP contribution in [0, 0.1) is 57.7 Å². The minimum atomic E-state index is -1.11. The topological polar surface area (TPSA) is 63.6 Å². The van der Waals surface area contributed by atoms with Gasteiger partial charge in [0.1, 0.15) is 11.7 Å². The van der Waals surface area contributed by atoms with Crippen LogP contribution in [0.25, 0.3) is 0 Å². The van der Waals surface area contributed by atoms with Crippen LogP contribution in [-0.4, -0.2) is 34.0 Å². The first kappa shape index (κ1) is 23.3. The number of allylic oxidation sites excluding steroid dienone is 1. The largest absolute Gasteiger partial charge is 0.481 e. The average molecular weight is 555 g/mol. The molecule has 1 aliphatic heterocycles. The van der Waals surface area contributed by atoms with E-state index in [1.807, 2.05) is 0 Å². The Morgan fingerprint density at radius 1 is 1.28 bits per heavy atom. The molecule has 4 bridgehead atoms. The normalized spacial score (nSPS) is 51.4. The Labute approximate surface area is 206 Å². The maximum atomic E-state index is 13.6. The van der Waals surface area contributed by atoms with E-state index in [2.05, 4.69) is 63.3 Å². The summed E-state index contributed by atoms with van der Waals surface area (Å²) in [6.07, 6.45) is 8.16. The van der Waals surface area contributed by atoms with Gasteiger partial charge in [-0.25, -0.2) is 0 Å². The first-order valence-electron chi connectivity index (χ1n) is 12.8. The summed E-state index contributed by atoms with van der Waals surface area (Å²) < 4.78 is 7.82. The van der Waals surface area contributed by atoms with Gasteiger partial charge in [-0.05, 0) is 67.1 Å². The fourth-order valence-electron chi connectivity index (χ4n) is 9.80. The lowest BCUT2D eigenvalue weighted by Crippen LogP contribution is -2.65. The minimum absolute atomic E-state index is 0.0844. The summed E-state index contributed by atoms with van der Waals surface area (Å²) in [7, 11) is 0. The van der Waals surface area contributed by atoms with E-state index >= 15 is 0 Å². The van der Waals surface area contributed by atoms with Gasteiger partial charge in [0.15, 0.2) is 0 Å². The molecule has 0 aromatic carbocycles. The molecule has 4 nitrogen and oxygen atoms in total. The molecule has 0 amide bonds. The second-order valence-electron chi connectivity index (χ2n) is 12.3. The zero-order valence-electron chi connectivity index (χ0n) is 20.1. The van der Waals surface area contributed by atoms with Gasteiger partial charge in [-0.3, -0.25) is 4.79 Å². The van der Waals surface area contributed by atoms with Crippen LogP contribution in [0.5, 0.6) is 0 Å². The lowest BCUT2D eigenvalue weighted by atomic mass is 9.41. The number of rotatable bonds is 6. The number of halogens is 1. The molecular formula is C27H39IO4. The summed E-state index contributed by atoms with van der Waals surface area (Å²) in [6.45, 7) is 11.1. The number of carboxylic acid groups (broad SMARTS) is 1. The van der Waals surface area contributed by atoms with Crippen LogP contribution in [0.3, 0.4) is 0 Å². The van der Waals surface area contributed by atoms with E-state index < -0.39 is 22.2 Å². The number of hydrogen-bond acceptors (Lipinski definition) is 3. The van der Waals surface area contributed by atoms with Crippen molar-refractivity contribution in [2.45, 2.75) is 78.9 Å². The van der Waals surface area contributed by atoms with Gasteiger partial charge in [-0.2, -0.15) is 0 Å². The van der Waals surface area contributed by atoms with Gasteiger partial charge in [0.05, 0.1) is 17.6 Å². The molecule has 5 rings (SSSR count). The molecule has 10 atom stereocenters. The molecule has 3 saturated carbocycles. The zero-order chi connectivity index (χ0) is 23.2. The first-order valence-corrected chi connectivity index (χ1v) is 14.3. The minimum Gasteiger partial charge on any atom is -0.481 e. The van der Waals surface area contributed by atoms with Crippen molar-refractivity contribution in [2.24, 2.45) is 57.7 Å². The van der Waals surface area contributed by atoms with Crippen LogP contribution in [0.15, 0.2) is 11.6 Å². The van der Waals surface area contributed by atoms with Gasteiger partial charge in [-0.1, -0.05) is 75.3 Å². The summed E-state index contributed by atoms with van der Waals surface area (Å²) in [6, 6.07) is 0. The predicted octanol–water partition coefficient (Wildman–Crippen LogP) is 5.78. The third kappa shape index (κ3) is 2.43. The van der Waals surface area contributed by atoms with E-state index in [1.165, 1.54) is 0 Å². The van der Waals surface area contributed by atoms with Crippen LogP contribution >= 0.6 is 22.6 Å². The molecule has 178 valence electrons.